The molecule has 0 unspecified atom stereocenters. The lowest BCUT2D eigenvalue weighted by atomic mass is 9.80. The quantitative estimate of drug-likeness (QED) is 0.906. The van der Waals surface area contributed by atoms with Crippen LogP contribution in [0.15, 0.2) is 24.3 Å². The highest BCUT2D eigenvalue weighted by molar-refractivity contribution is 5.69. The molecule has 4 nitrogen and oxygen atoms in total. The summed E-state index contributed by atoms with van der Waals surface area (Å²) < 4.78 is 5.87. The molecule has 1 amide bonds. The molecule has 1 heterocycles. The Labute approximate surface area is 143 Å². The van der Waals surface area contributed by atoms with Crippen molar-refractivity contribution in [3.05, 3.63) is 35.4 Å². The highest BCUT2D eigenvalue weighted by Gasteiger charge is 2.44. The topological polar surface area (TPSA) is 49.8 Å². The van der Waals surface area contributed by atoms with E-state index in [2.05, 4.69) is 31.2 Å². The highest BCUT2D eigenvalue weighted by atomic mass is 16.6. The van der Waals surface area contributed by atoms with Crippen LogP contribution < -0.4 is 0 Å². The van der Waals surface area contributed by atoms with Gasteiger partial charge in [0.1, 0.15) is 5.60 Å². The van der Waals surface area contributed by atoms with E-state index in [4.69, 9.17) is 4.74 Å². The Bertz CT molecular complexity index is 600. The molecule has 1 aromatic carbocycles. The second kappa shape index (κ2) is 6.07. The first-order valence-electron chi connectivity index (χ1n) is 9.34. The molecule has 4 rings (SSSR count). The van der Waals surface area contributed by atoms with Crippen LogP contribution in [0.3, 0.4) is 0 Å². The van der Waals surface area contributed by atoms with Gasteiger partial charge in [0.05, 0.1) is 12.1 Å². The molecule has 0 bridgehead atoms. The number of hydrogen-bond acceptors (Lipinski definition) is 3. The summed E-state index contributed by atoms with van der Waals surface area (Å²) in [5.74, 6) is 0.760. The van der Waals surface area contributed by atoms with Gasteiger partial charge < -0.3 is 14.7 Å². The van der Waals surface area contributed by atoms with Crippen LogP contribution in [-0.2, 0) is 4.74 Å². The Morgan fingerprint density at radius 1 is 1.12 bits per heavy atom. The first kappa shape index (κ1) is 15.9. The smallest absolute Gasteiger partial charge is 0.410 e. The minimum absolute atomic E-state index is 0.0392. The van der Waals surface area contributed by atoms with E-state index in [0.29, 0.717) is 0 Å². The lowest BCUT2D eigenvalue weighted by Gasteiger charge is -2.45. The summed E-state index contributed by atoms with van der Waals surface area (Å²) in [5, 5.41) is 9.69. The third-order valence-corrected chi connectivity index (χ3v) is 6.15. The summed E-state index contributed by atoms with van der Waals surface area (Å²) in [5.41, 5.74) is 2.26. The van der Waals surface area contributed by atoms with Crippen LogP contribution in [0.1, 0.15) is 75.0 Å². The number of nitrogens with zero attached hydrogens (tertiary/aromatic N) is 1. The SMILES string of the molecule is C[C@@H](c1ccc(C2CC2)cc1)N1CCC2(CCC(O)CC2)OC1=O. The Balaban J connectivity index is 1.42. The Morgan fingerprint density at radius 2 is 1.79 bits per heavy atom. The summed E-state index contributed by atoms with van der Waals surface area (Å²) >= 11 is 0. The lowest BCUT2D eigenvalue weighted by Crippen LogP contribution is -2.52. The van der Waals surface area contributed by atoms with E-state index in [-0.39, 0.29) is 23.8 Å². The van der Waals surface area contributed by atoms with Crippen LogP contribution in [0.5, 0.6) is 0 Å². The van der Waals surface area contributed by atoms with Crippen molar-refractivity contribution in [1.29, 1.82) is 0 Å². The second-order valence-corrected chi connectivity index (χ2v) is 7.84. The van der Waals surface area contributed by atoms with Gasteiger partial charge in [-0.2, -0.15) is 0 Å². The molecule has 0 aromatic heterocycles. The number of ether oxygens (including phenoxy) is 1. The third kappa shape index (κ3) is 3.04. The third-order valence-electron chi connectivity index (χ3n) is 6.15. The average Bonchev–Trinajstić information content (AvgIpc) is 3.43. The molecule has 1 atom stereocenters. The maximum absolute atomic E-state index is 12.6. The normalized spacial score (nSPS) is 31.8. The lowest BCUT2D eigenvalue weighted by molar-refractivity contribution is -0.0908. The van der Waals surface area contributed by atoms with Crippen LogP contribution in [-0.4, -0.2) is 34.3 Å². The fourth-order valence-electron chi connectivity index (χ4n) is 4.19. The molecule has 2 saturated carbocycles. The van der Waals surface area contributed by atoms with Crippen molar-refractivity contribution < 1.29 is 14.6 Å². The van der Waals surface area contributed by atoms with Gasteiger partial charge in [0.15, 0.2) is 0 Å². The van der Waals surface area contributed by atoms with Gasteiger partial charge in [-0.25, -0.2) is 4.79 Å². The number of carbonyl (C=O) groups is 1. The van der Waals surface area contributed by atoms with Gasteiger partial charge in [0.2, 0.25) is 0 Å². The number of hydrogen-bond donors (Lipinski definition) is 1. The fraction of sp³-hybridized carbons (Fsp3) is 0.650. The van der Waals surface area contributed by atoms with Crippen molar-refractivity contribution in [3.63, 3.8) is 0 Å². The number of amides is 1. The standard InChI is InChI=1S/C20H27NO3/c1-14(15-2-4-16(5-3-15)17-6-7-17)21-13-12-20(24-19(21)23)10-8-18(22)9-11-20/h2-5,14,17-18,22H,6-13H2,1H3/t14-,18?,20?/m0/s1. The molecular formula is C20H27NO3. The van der Waals surface area contributed by atoms with E-state index in [1.54, 1.807) is 0 Å². The van der Waals surface area contributed by atoms with Crippen molar-refractivity contribution in [2.75, 3.05) is 6.54 Å². The predicted molar refractivity (Wildman–Crippen MR) is 91.8 cm³/mol. The van der Waals surface area contributed by atoms with Gasteiger partial charge >= 0.3 is 6.09 Å². The average molecular weight is 329 g/mol. The van der Waals surface area contributed by atoms with E-state index < -0.39 is 0 Å². The Hall–Kier alpha value is -1.55. The fourth-order valence-corrected chi connectivity index (χ4v) is 4.19. The molecule has 24 heavy (non-hydrogen) atoms. The highest BCUT2D eigenvalue weighted by Crippen LogP contribution is 2.41. The molecule has 1 aromatic rings. The molecule has 1 N–H and O–H groups in total. The van der Waals surface area contributed by atoms with E-state index in [0.717, 1.165) is 44.6 Å². The van der Waals surface area contributed by atoms with Gasteiger partial charge in [-0.05, 0) is 62.5 Å². The van der Waals surface area contributed by atoms with Crippen molar-refractivity contribution >= 4 is 6.09 Å². The largest absolute Gasteiger partial charge is 0.443 e. The number of carbonyl (C=O) groups excluding carboxylic acids is 1. The number of rotatable bonds is 3. The Morgan fingerprint density at radius 3 is 2.38 bits per heavy atom. The first-order chi connectivity index (χ1) is 11.6. The van der Waals surface area contributed by atoms with Gasteiger partial charge in [-0.3, -0.25) is 0 Å². The summed E-state index contributed by atoms with van der Waals surface area (Å²) in [6, 6.07) is 8.78. The summed E-state index contributed by atoms with van der Waals surface area (Å²) in [7, 11) is 0. The minimum Gasteiger partial charge on any atom is -0.443 e. The monoisotopic (exact) mass is 329 g/mol. The Kier molecular flexibility index (Phi) is 4.03. The number of aliphatic hydroxyl groups is 1. The van der Waals surface area contributed by atoms with Gasteiger partial charge in [0, 0.05) is 13.0 Å². The zero-order chi connectivity index (χ0) is 16.7. The van der Waals surface area contributed by atoms with Gasteiger partial charge in [0.25, 0.3) is 0 Å². The first-order valence-corrected chi connectivity index (χ1v) is 9.34. The molecule has 1 saturated heterocycles. The molecule has 3 fully saturated rings. The molecule has 2 aliphatic carbocycles. The molecular weight excluding hydrogens is 302 g/mol. The molecule has 1 aliphatic heterocycles. The number of benzene rings is 1. The van der Waals surface area contributed by atoms with Gasteiger partial charge in [-0.1, -0.05) is 24.3 Å². The summed E-state index contributed by atoms with van der Waals surface area (Å²) in [4.78, 5) is 14.4. The van der Waals surface area contributed by atoms with Gasteiger partial charge in [-0.15, -0.1) is 0 Å². The van der Waals surface area contributed by atoms with Crippen molar-refractivity contribution in [2.24, 2.45) is 0 Å². The zero-order valence-electron chi connectivity index (χ0n) is 14.4. The van der Waals surface area contributed by atoms with Crippen molar-refractivity contribution in [3.8, 4) is 0 Å². The summed E-state index contributed by atoms with van der Waals surface area (Å²) in [6.07, 6.45) is 6.13. The van der Waals surface area contributed by atoms with Crippen molar-refractivity contribution in [1.82, 2.24) is 4.90 Å². The van der Waals surface area contributed by atoms with Crippen LogP contribution >= 0.6 is 0 Å². The molecule has 130 valence electrons. The van der Waals surface area contributed by atoms with E-state index in [9.17, 15) is 9.90 Å². The maximum Gasteiger partial charge on any atom is 0.410 e. The van der Waals surface area contributed by atoms with Crippen molar-refractivity contribution in [2.45, 2.75) is 75.5 Å². The maximum atomic E-state index is 12.6. The number of aliphatic hydroxyl groups excluding tert-OH is 1. The second-order valence-electron chi connectivity index (χ2n) is 7.84. The summed E-state index contributed by atoms with van der Waals surface area (Å²) in [6.45, 7) is 2.82. The molecule has 1 spiro atoms. The molecule has 3 aliphatic rings. The van der Waals surface area contributed by atoms with E-state index in [1.165, 1.54) is 24.0 Å². The van der Waals surface area contributed by atoms with E-state index in [1.807, 2.05) is 4.90 Å². The zero-order valence-corrected chi connectivity index (χ0v) is 14.4. The van der Waals surface area contributed by atoms with Crippen LogP contribution in [0, 0.1) is 0 Å². The predicted octanol–water partition coefficient (Wildman–Crippen LogP) is 4.14. The minimum atomic E-state index is -0.331. The molecule has 4 heteroatoms. The van der Waals surface area contributed by atoms with Crippen LogP contribution in [0.2, 0.25) is 0 Å². The van der Waals surface area contributed by atoms with Crippen LogP contribution in [0.4, 0.5) is 4.79 Å². The molecule has 0 radical (unpaired) electrons. The van der Waals surface area contributed by atoms with E-state index >= 15 is 0 Å². The van der Waals surface area contributed by atoms with Crippen LogP contribution in [0.25, 0.3) is 0 Å².